The highest BCUT2D eigenvalue weighted by molar-refractivity contribution is 6.04. The Kier molecular flexibility index (Phi) is 4.31. The molecule has 8 heteroatoms. The average Bonchev–Trinajstić information content (AvgIpc) is 2.49. The molecule has 0 aliphatic heterocycles. The van der Waals surface area contributed by atoms with Crippen LogP contribution in [0.25, 0.3) is 0 Å². The lowest BCUT2D eigenvalue weighted by Gasteiger charge is -2.07. The van der Waals surface area contributed by atoms with E-state index in [-0.39, 0.29) is 22.7 Å². The van der Waals surface area contributed by atoms with Crippen LogP contribution >= 0.6 is 0 Å². The van der Waals surface area contributed by atoms with Gasteiger partial charge in [-0.25, -0.2) is 8.78 Å². The predicted molar refractivity (Wildman–Crippen MR) is 74.0 cm³/mol. The average molecular weight is 308 g/mol. The van der Waals surface area contributed by atoms with Gasteiger partial charge in [0.05, 0.1) is 12.0 Å². The van der Waals surface area contributed by atoms with Crippen LogP contribution < -0.4 is 10.1 Å². The van der Waals surface area contributed by atoms with Gasteiger partial charge >= 0.3 is 5.69 Å². The van der Waals surface area contributed by atoms with Crippen LogP contribution in [-0.4, -0.2) is 17.9 Å². The minimum atomic E-state index is -1.16. The van der Waals surface area contributed by atoms with Crippen LogP contribution in [0.2, 0.25) is 0 Å². The van der Waals surface area contributed by atoms with Crippen LogP contribution in [0.15, 0.2) is 36.4 Å². The van der Waals surface area contributed by atoms with E-state index in [1.165, 1.54) is 19.2 Å². The van der Waals surface area contributed by atoms with Gasteiger partial charge in [-0.05, 0) is 30.3 Å². The number of rotatable bonds is 4. The van der Waals surface area contributed by atoms with Gasteiger partial charge in [-0.2, -0.15) is 0 Å². The molecule has 2 aromatic rings. The van der Waals surface area contributed by atoms with Gasteiger partial charge in [0.25, 0.3) is 5.91 Å². The predicted octanol–water partition coefficient (Wildman–Crippen LogP) is 3.13. The first-order valence-electron chi connectivity index (χ1n) is 6.01. The monoisotopic (exact) mass is 308 g/mol. The van der Waals surface area contributed by atoms with Crippen LogP contribution in [0.4, 0.5) is 20.2 Å². The Balaban J connectivity index is 2.26. The zero-order valence-electron chi connectivity index (χ0n) is 11.3. The number of hydrogen-bond acceptors (Lipinski definition) is 4. The Morgan fingerprint density at radius 1 is 1.18 bits per heavy atom. The number of halogens is 2. The minimum absolute atomic E-state index is 0.0378. The Morgan fingerprint density at radius 2 is 1.91 bits per heavy atom. The van der Waals surface area contributed by atoms with E-state index in [2.05, 4.69) is 5.32 Å². The van der Waals surface area contributed by atoms with E-state index < -0.39 is 22.5 Å². The van der Waals surface area contributed by atoms with Crippen LogP contribution in [-0.2, 0) is 0 Å². The number of nitro groups is 1. The van der Waals surface area contributed by atoms with Crippen molar-refractivity contribution in [2.24, 2.45) is 0 Å². The quantitative estimate of drug-likeness (QED) is 0.695. The third-order valence-corrected chi connectivity index (χ3v) is 2.82. The first-order valence-corrected chi connectivity index (χ1v) is 6.01. The van der Waals surface area contributed by atoms with E-state index in [4.69, 9.17) is 4.74 Å². The Morgan fingerprint density at radius 3 is 2.50 bits per heavy atom. The van der Waals surface area contributed by atoms with E-state index in [9.17, 15) is 23.7 Å². The van der Waals surface area contributed by atoms with Crippen LogP contribution in [0.3, 0.4) is 0 Å². The molecule has 22 heavy (non-hydrogen) atoms. The second kappa shape index (κ2) is 6.17. The number of nitrogens with zero attached hydrogens (tertiary/aromatic N) is 1. The highest BCUT2D eigenvalue weighted by atomic mass is 19.2. The van der Waals surface area contributed by atoms with Crippen molar-refractivity contribution in [3.8, 4) is 5.75 Å². The van der Waals surface area contributed by atoms with Crippen molar-refractivity contribution in [1.29, 1.82) is 0 Å². The maximum Gasteiger partial charge on any atom is 0.312 e. The van der Waals surface area contributed by atoms with Crippen molar-refractivity contribution in [2.45, 2.75) is 0 Å². The second-order valence-electron chi connectivity index (χ2n) is 4.23. The molecule has 6 nitrogen and oxygen atoms in total. The van der Waals surface area contributed by atoms with Gasteiger partial charge in [0.15, 0.2) is 17.4 Å². The summed E-state index contributed by atoms with van der Waals surface area (Å²) in [6.07, 6.45) is 0. The molecule has 0 bridgehead atoms. The zero-order chi connectivity index (χ0) is 16.3. The summed E-state index contributed by atoms with van der Waals surface area (Å²) < 4.78 is 30.7. The Labute approximate surface area is 123 Å². The molecule has 0 heterocycles. The van der Waals surface area contributed by atoms with Crippen molar-refractivity contribution in [3.05, 3.63) is 63.7 Å². The molecular weight excluding hydrogens is 298 g/mol. The summed E-state index contributed by atoms with van der Waals surface area (Å²) >= 11 is 0. The smallest absolute Gasteiger partial charge is 0.312 e. The standard InChI is InChI=1S/C14H10F2N2O4/c1-22-13-5-3-9(7-12(13)18(20)21)17-14(19)8-2-4-10(15)11(16)6-8/h2-7H,1H3,(H,17,19). The second-order valence-corrected chi connectivity index (χ2v) is 4.23. The molecule has 1 amide bonds. The fourth-order valence-corrected chi connectivity index (χ4v) is 1.75. The minimum Gasteiger partial charge on any atom is -0.490 e. The lowest BCUT2D eigenvalue weighted by atomic mass is 10.2. The summed E-state index contributed by atoms with van der Waals surface area (Å²) in [5, 5.41) is 13.3. The molecule has 0 aliphatic carbocycles. The Hall–Kier alpha value is -3.03. The molecule has 2 aromatic carbocycles. The molecule has 0 unspecified atom stereocenters. The van der Waals surface area contributed by atoms with Crippen LogP contribution in [0.1, 0.15) is 10.4 Å². The van der Waals surface area contributed by atoms with E-state index in [0.717, 1.165) is 24.3 Å². The fraction of sp³-hybridized carbons (Fsp3) is 0.0714. The molecule has 114 valence electrons. The Bertz CT molecular complexity index is 750. The number of amides is 1. The lowest BCUT2D eigenvalue weighted by Crippen LogP contribution is -2.12. The number of benzene rings is 2. The maximum atomic E-state index is 13.1. The molecule has 0 atom stereocenters. The van der Waals surface area contributed by atoms with E-state index >= 15 is 0 Å². The summed E-state index contributed by atoms with van der Waals surface area (Å²) in [4.78, 5) is 22.1. The number of carbonyl (C=O) groups excluding carboxylic acids is 1. The molecule has 2 rings (SSSR count). The van der Waals surface area contributed by atoms with Crippen molar-refractivity contribution < 1.29 is 23.2 Å². The first-order chi connectivity index (χ1) is 10.4. The SMILES string of the molecule is COc1ccc(NC(=O)c2ccc(F)c(F)c2)cc1[N+](=O)[O-]. The largest absolute Gasteiger partial charge is 0.490 e. The summed E-state index contributed by atoms with van der Waals surface area (Å²) in [6, 6.07) is 6.48. The molecule has 0 saturated carbocycles. The molecule has 0 fully saturated rings. The number of anilines is 1. The van der Waals surface area contributed by atoms with Gasteiger partial charge in [0.1, 0.15) is 0 Å². The summed E-state index contributed by atoms with van der Waals surface area (Å²) in [7, 11) is 1.28. The van der Waals surface area contributed by atoms with Gasteiger partial charge < -0.3 is 10.1 Å². The van der Waals surface area contributed by atoms with E-state index in [1.807, 2.05) is 0 Å². The fourth-order valence-electron chi connectivity index (χ4n) is 1.75. The molecule has 0 spiro atoms. The van der Waals surface area contributed by atoms with E-state index in [0.29, 0.717) is 0 Å². The van der Waals surface area contributed by atoms with Crippen molar-refractivity contribution in [3.63, 3.8) is 0 Å². The lowest BCUT2D eigenvalue weighted by molar-refractivity contribution is -0.385. The number of methoxy groups -OCH3 is 1. The highest BCUT2D eigenvalue weighted by Gasteiger charge is 2.17. The van der Waals surface area contributed by atoms with Crippen molar-refractivity contribution in [1.82, 2.24) is 0 Å². The van der Waals surface area contributed by atoms with Crippen molar-refractivity contribution in [2.75, 3.05) is 12.4 Å². The number of hydrogen-bond donors (Lipinski definition) is 1. The van der Waals surface area contributed by atoms with Gasteiger partial charge in [-0.3, -0.25) is 14.9 Å². The number of nitro benzene ring substituents is 1. The first kappa shape index (κ1) is 15.4. The normalized spacial score (nSPS) is 10.1. The number of ether oxygens (including phenoxy) is 1. The van der Waals surface area contributed by atoms with Gasteiger partial charge in [0, 0.05) is 17.3 Å². The summed E-state index contributed by atoms with van der Waals surface area (Å²) in [6.45, 7) is 0. The van der Waals surface area contributed by atoms with Gasteiger partial charge in [0.2, 0.25) is 0 Å². The highest BCUT2D eigenvalue weighted by Crippen LogP contribution is 2.29. The number of carbonyl (C=O) groups is 1. The van der Waals surface area contributed by atoms with E-state index in [1.54, 1.807) is 0 Å². The maximum absolute atomic E-state index is 13.1. The summed E-state index contributed by atoms with van der Waals surface area (Å²) in [5.41, 5.74) is -0.315. The molecule has 0 aromatic heterocycles. The zero-order valence-corrected chi connectivity index (χ0v) is 11.3. The summed E-state index contributed by atoms with van der Waals surface area (Å²) in [5.74, 6) is -2.92. The van der Waals surface area contributed by atoms with Gasteiger partial charge in [-0.1, -0.05) is 0 Å². The van der Waals surface area contributed by atoms with Gasteiger partial charge in [-0.15, -0.1) is 0 Å². The topological polar surface area (TPSA) is 81.5 Å². The molecule has 1 N–H and O–H groups in total. The van der Waals surface area contributed by atoms with Crippen LogP contribution in [0.5, 0.6) is 5.75 Å². The molecule has 0 radical (unpaired) electrons. The molecular formula is C14H10F2N2O4. The number of nitrogens with one attached hydrogen (secondary N) is 1. The van der Waals surface area contributed by atoms with Crippen LogP contribution in [0, 0.1) is 21.7 Å². The third kappa shape index (κ3) is 3.17. The molecule has 0 saturated heterocycles. The third-order valence-electron chi connectivity index (χ3n) is 2.82. The van der Waals surface area contributed by atoms with Crippen molar-refractivity contribution >= 4 is 17.3 Å². The molecule has 0 aliphatic rings.